The Kier molecular flexibility index (Phi) is 4.87. The molecule has 84 valence electrons. The first-order valence-electron chi connectivity index (χ1n) is 4.41. The Morgan fingerprint density at radius 1 is 1.27 bits per heavy atom. The van der Waals surface area contributed by atoms with Gasteiger partial charge in [0.05, 0.1) is 0 Å². The molecule has 0 amide bonds. The average Bonchev–Trinajstić information content (AvgIpc) is 2.14. The zero-order valence-corrected chi connectivity index (χ0v) is 11.2. The van der Waals surface area contributed by atoms with Crippen LogP contribution in [0, 0.1) is 0 Å². The molecule has 6 heteroatoms. The molecule has 1 aromatic rings. The first-order valence-corrected chi connectivity index (χ1v) is 8.83. The van der Waals surface area contributed by atoms with Crippen LogP contribution in [0.1, 0.15) is 6.42 Å². The maximum atomic E-state index is 10.4. The second-order valence-electron chi connectivity index (χ2n) is 3.06. The van der Waals surface area contributed by atoms with Gasteiger partial charge in [-0.05, 0) is 0 Å². The summed E-state index contributed by atoms with van der Waals surface area (Å²) in [5.74, 6) is -0.132. The molecular weight excluding hydrogens is 330 g/mol. The van der Waals surface area contributed by atoms with E-state index in [9.17, 15) is 8.42 Å². The van der Waals surface area contributed by atoms with E-state index in [4.69, 9.17) is 10.3 Å². The standard InChI is InChI=1S/C9H13NO3STe/c10-8-2-4-9(5-3-8)15-7-1-6-14(11,12)13/h2-5H,1,6-7,10H2,(H,11,12,13). The Hall–Kier alpha value is -0.280. The van der Waals surface area contributed by atoms with Crippen LogP contribution in [0.3, 0.4) is 0 Å². The molecule has 1 aromatic carbocycles. The Balaban J connectivity index is 2.29. The molecule has 15 heavy (non-hydrogen) atoms. The normalized spacial score (nSPS) is 11.5. The quantitative estimate of drug-likeness (QED) is 0.349. The molecule has 0 aliphatic rings. The maximum absolute atomic E-state index is 10.4. The summed E-state index contributed by atoms with van der Waals surface area (Å²) in [6.45, 7) is 0. The van der Waals surface area contributed by atoms with Crippen molar-refractivity contribution < 1.29 is 13.0 Å². The molecule has 0 saturated heterocycles. The predicted molar refractivity (Wildman–Crippen MR) is 62.1 cm³/mol. The van der Waals surface area contributed by atoms with Gasteiger partial charge >= 0.3 is 100.0 Å². The molecule has 0 aliphatic carbocycles. The van der Waals surface area contributed by atoms with Crippen LogP contribution in [0.2, 0.25) is 4.47 Å². The molecule has 0 aliphatic heterocycles. The number of rotatable bonds is 5. The van der Waals surface area contributed by atoms with Gasteiger partial charge in [0.1, 0.15) is 0 Å². The van der Waals surface area contributed by atoms with E-state index in [1.165, 1.54) is 3.61 Å². The van der Waals surface area contributed by atoms with E-state index in [2.05, 4.69) is 0 Å². The van der Waals surface area contributed by atoms with Gasteiger partial charge in [-0.25, -0.2) is 0 Å². The molecule has 0 saturated carbocycles. The number of nitrogens with two attached hydrogens (primary N) is 1. The molecule has 1 rings (SSSR count). The van der Waals surface area contributed by atoms with Gasteiger partial charge < -0.3 is 0 Å². The van der Waals surface area contributed by atoms with Crippen molar-refractivity contribution in [3.63, 3.8) is 0 Å². The van der Waals surface area contributed by atoms with Crippen molar-refractivity contribution in [3.8, 4) is 0 Å². The van der Waals surface area contributed by atoms with Crippen molar-refractivity contribution in [1.82, 2.24) is 0 Å². The van der Waals surface area contributed by atoms with Crippen molar-refractivity contribution >= 4 is 40.3 Å². The Morgan fingerprint density at radius 3 is 2.40 bits per heavy atom. The van der Waals surface area contributed by atoms with Crippen molar-refractivity contribution in [2.45, 2.75) is 10.9 Å². The van der Waals surface area contributed by atoms with Gasteiger partial charge in [-0.2, -0.15) is 0 Å². The summed E-state index contributed by atoms with van der Waals surface area (Å²) in [5, 5.41) is 0. The Bertz CT molecular complexity index is 402. The van der Waals surface area contributed by atoms with E-state index in [1.54, 1.807) is 0 Å². The van der Waals surface area contributed by atoms with Gasteiger partial charge in [0.25, 0.3) is 0 Å². The van der Waals surface area contributed by atoms with Crippen LogP contribution < -0.4 is 9.35 Å². The van der Waals surface area contributed by atoms with Crippen LogP contribution in [-0.2, 0) is 10.1 Å². The first-order chi connectivity index (χ1) is 6.97. The molecular formula is C9H13NO3STe. The molecule has 3 N–H and O–H groups in total. The van der Waals surface area contributed by atoms with Crippen LogP contribution in [0.4, 0.5) is 5.69 Å². The third-order valence-corrected chi connectivity index (χ3v) is 5.63. The molecule has 0 aromatic heterocycles. The minimum absolute atomic E-state index is 0.132. The molecule has 0 heterocycles. The fourth-order valence-corrected chi connectivity index (χ4v) is 4.51. The van der Waals surface area contributed by atoms with Gasteiger partial charge in [0.2, 0.25) is 0 Å². The van der Waals surface area contributed by atoms with Crippen molar-refractivity contribution in [1.29, 1.82) is 0 Å². The summed E-state index contributed by atoms with van der Waals surface area (Å²) >= 11 is -0.349. The van der Waals surface area contributed by atoms with Crippen molar-refractivity contribution in [2.75, 3.05) is 11.5 Å². The number of nitrogen functional groups attached to an aromatic ring is 1. The molecule has 0 bridgehead atoms. The summed E-state index contributed by atoms with van der Waals surface area (Å²) in [6, 6.07) is 7.65. The van der Waals surface area contributed by atoms with Gasteiger partial charge in [0, 0.05) is 0 Å². The van der Waals surface area contributed by atoms with E-state index in [1.807, 2.05) is 24.3 Å². The van der Waals surface area contributed by atoms with Crippen molar-refractivity contribution in [2.24, 2.45) is 0 Å². The van der Waals surface area contributed by atoms with E-state index >= 15 is 0 Å². The molecule has 0 unspecified atom stereocenters. The van der Waals surface area contributed by atoms with Crippen LogP contribution in [-0.4, -0.2) is 39.6 Å². The minimum atomic E-state index is -3.78. The van der Waals surface area contributed by atoms with Crippen LogP contribution in [0.15, 0.2) is 24.3 Å². The topological polar surface area (TPSA) is 80.4 Å². The Labute approximate surface area is 99.7 Å². The fraction of sp³-hybridized carbons (Fsp3) is 0.333. The summed E-state index contributed by atoms with van der Waals surface area (Å²) < 4.78 is 31.5. The SMILES string of the molecule is Nc1ccc([Te]CCCS(=O)(=O)O)cc1. The summed E-state index contributed by atoms with van der Waals surface area (Å²) in [4.78, 5) is 0. The Morgan fingerprint density at radius 2 is 1.87 bits per heavy atom. The van der Waals surface area contributed by atoms with Crippen molar-refractivity contribution in [3.05, 3.63) is 24.3 Å². The molecule has 0 radical (unpaired) electrons. The van der Waals surface area contributed by atoms with Gasteiger partial charge in [0.15, 0.2) is 0 Å². The van der Waals surface area contributed by atoms with Crippen LogP contribution >= 0.6 is 0 Å². The third-order valence-electron chi connectivity index (χ3n) is 1.70. The molecule has 0 fully saturated rings. The average molecular weight is 343 g/mol. The second-order valence-corrected chi connectivity index (χ2v) is 7.96. The van der Waals surface area contributed by atoms with Gasteiger partial charge in [-0.1, -0.05) is 0 Å². The van der Waals surface area contributed by atoms with Crippen LogP contribution in [0.25, 0.3) is 0 Å². The monoisotopic (exact) mass is 345 g/mol. The zero-order chi connectivity index (χ0) is 11.3. The summed E-state index contributed by atoms with van der Waals surface area (Å²) in [5.41, 5.74) is 6.28. The summed E-state index contributed by atoms with van der Waals surface area (Å²) in [6.07, 6.45) is 0.533. The zero-order valence-electron chi connectivity index (χ0n) is 8.09. The van der Waals surface area contributed by atoms with E-state index in [-0.39, 0.29) is 26.7 Å². The number of hydrogen-bond donors (Lipinski definition) is 2. The van der Waals surface area contributed by atoms with Crippen LogP contribution in [0.5, 0.6) is 0 Å². The van der Waals surface area contributed by atoms with E-state index in [0.29, 0.717) is 6.42 Å². The van der Waals surface area contributed by atoms with E-state index in [0.717, 1.165) is 10.2 Å². The predicted octanol–water partition coefficient (Wildman–Crippen LogP) is 0.295. The number of benzene rings is 1. The number of hydrogen-bond acceptors (Lipinski definition) is 3. The van der Waals surface area contributed by atoms with Gasteiger partial charge in [-0.15, -0.1) is 0 Å². The third kappa shape index (κ3) is 6.00. The number of anilines is 1. The summed E-state index contributed by atoms with van der Waals surface area (Å²) in [7, 11) is -3.78. The molecule has 0 atom stereocenters. The molecule has 4 nitrogen and oxygen atoms in total. The fourth-order valence-electron chi connectivity index (χ4n) is 0.995. The first kappa shape index (κ1) is 12.8. The molecule has 0 spiro atoms. The van der Waals surface area contributed by atoms with E-state index < -0.39 is 10.1 Å². The second kappa shape index (κ2) is 5.71. The van der Waals surface area contributed by atoms with Gasteiger partial charge in [-0.3, -0.25) is 0 Å².